The molecule has 0 bridgehead atoms. The van der Waals surface area contributed by atoms with Gasteiger partial charge in [0.25, 0.3) is 10.0 Å². The minimum atomic E-state index is -3.81. The van der Waals surface area contributed by atoms with Gasteiger partial charge < -0.3 is 0 Å². The molecule has 0 amide bonds. The molecule has 2 heterocycles. The number of hydrogen-bond donors (Lipinski definition) is 1. The van der Waals surface area contributed by atoms with Gasteiger partial charge in [-0.2, -0.15) is 10.2 Å². The van der Waals surface area contributed by atoms with Gasteiger partial charge in [-0.1, -0.05) is 17.7 Å². The van der Waals surface area contributed by atoms with Gasteiger partial charge in [-0.05, 0) is 19.1 Å². The smallest absolute Gasteiger partial charge is 0.266 e. The van der Waals surface area contributed by atoms with Gasteiger partial charge in [0.2, 0.25) is 0 Å². The Bertz CT molecular complexity index is 1010. The predicted molar refractivity (Wildman–Crippen MR) is 91.5 cm³/mol. The van der Waals surface area contributed by atoms with Gasteiger partial charge in [0.1, 0.15) is 10.7 Å². The van der Waals surface area contributed by atoms with Crippen LogP contribution in [0.25, 0.3) is 0 Å². The van der Waals surface area contributed by atoms with Crippen molar-refractivity contribution in [2.75, 3.05) is 4.72 Å². The molecule has 7 nitrogen and oxygen atoms in total. The van der Waals surface area contributed by atoms with Crippen LogP contribution in [0.5, 0.6) is 0 Å². The summed E-state index contributed by atoms with van der Waals surface area (Å²) in [6.45, 7) is 1.74. The van der Waals surface area contributed by atoms with E-state index in [1.165, 1.54) is 40.0 Å². The standard InChI is InChI=1S/C15H15ClFN5O2S/c1-10-14(8-18-21(10)2)25(23,24)20-15-6-7-22(19-15)9-11-12(16)4-3-5-13(11)17/h3-8H,9H2,1-2H3,(H,19,20). The van der Waals surface area contributed by atoms with Crippen molar-refractivity contribution in [3.05, 3.63) is 58.8 Å². The quantitative estimate of drug-likeness (QED) is 0.734. The topological polar surface area (TPSA) is 81.8 Å². The van der Waals surface area contributed by atoms with E-state index in [9.17, 15) is 12.8 Å². The summed E-state index contributed by atoms with van der Waals surface area (Å²) in [6.07, 6.45) is 2.81. The van der Waals surface area contributed by atoms with E-state index in [1.54, 1.807) is 20.0 Å². The Hall–Kier alpha value is -2.39. The molecule has 3 aromatic rings. The van der Waals surface area contributed by atoms with Crippen LogP contribution in [0.2, 0.25) is 5.02 Å². The molecule has 0 aliphatic heterocycles. The molecule has 132 valence electrons. The summed E-state index contributed by atoms with van der Waals surface area (Å²) in [6, 6.07) is 5.88. The monoisotopic (exact) mass is 383 g/mol. The van der Waals surface area contributed by atoms with Crippen LogP contribution in [-0.4, -0.2) is 28.0 Å². The number of sulfonamides is 1. The largest absolute Gasteiger partial charge is 0.272 e. The van der Waals surface area contributed by atoms with Crippen molar-refractivity contribution < 1.29 is 12.8 Å². The molecule has 25 heavy (non-hydrogen) atoms. The lowest BCUT2D eigenvalue weighted by Gasteiger charge is -2.07. The fraction of sp³-hybridized carbons (Fsp3) is 0.200. The molecule has 0 fully saturated rings. The second-order valence-corrected chi connectivity index (χ2v) is 7.48. The van der Waals surface area contributed by atoms with Gasteiger partial charge in [-0.25, -0.2) is 12.8 Å². The van der Waals surface area contributed by atoms with Crippen LogP contribution in [0, 0.1) is 12.7 Å². The highest BCUT2D eigenvalue weighted by molar-refractivity contribution is 7.92. The first kappa shape index (κ1) is 17.4. The number of nitrogens with zero attached hydrogens (tertiary/aromatic N) is 4. The van der Waals surface area contributed by atoms with Gasteiger partial charge in [-0.3, -0.25) is 14.1 Å². The Labute approximate surface area is 149 Å². The summed E-state index contributed by atoms with van der Waals surface area (Å²) in [7, 11) is -2.15. The van der Waals surface area contributed by atoms with Crippen molar-refractivity contribution in [3.63, 3.8) is 0 Å². The van der Waals surface area contributed by atoms with Crippen molar-refractivity contribution in [2.45, 2.75) is 18.4 Å². The maximum Gasteiger partial charge on any atom is 0.266 e. The summed E-state index contributed by atoms with van der Waals surface area (Å²) >= 11 is 5.99. The maximum absolute atomic E-state index is 13.8. The maximum atomic E-state index is 13.8. The van der Waals surface area contributed by atoms with E-state index in [-0.39, 0.29) is 27.8 Å². The third-order valence-electron chi connectivity index (χ3n) is 3.74. The number of halogens is 2. The van der Waals surface area contributed by atoms with Crippen LogP contribution in [0.3, 0.4) is 0 Å². The minimum Gasteiger partial charge on any atom is -0.272 e. The number of hydrogen-bond acceptors (Lipinski definition) is 4. The lowest BCUT2D eigenvalue weighted by Crippen LogP contribution is -2.14. The molecule has 0 aliphatic carbocycles. The van der Waals surface area contributed by atoms with E-state index >= 15 is 0 Å². The summed E-state index contributed by atoms with van der Waals surface area (Å²) in [5, 5.41) is 8.31. The Morgan fingerprint density at radius 1 is 1.32 bits per heavy atom. The molecule has 2 aromatic heterocycles. The van der Waals surface area contributed by atoms with Gasteiger partial charge in [0.15, 0.2) is 5.82 Å². The van der Waals surface area contributed by atoms with Crippen LogP contribution >= 0.6 is 11.6 Å². The highest BCUT2D eigenvalue weighted by atomic mass is 35.5. The molecular formula is C15H15ClFN5O2S. The van der Waals surface area contributed by atoms with Crippen LogP contribution in [0.1, 0.15) is 11.3 Å². The highest BCUT2D eigenvalue weighted by Gasteiger charge is 2.21. The number of rotatable bonds is 5. The zero-order valence-electron chi connectivity index (χ0n) is 13.4. The molecule has 0 radical (unpaired) electrons. The highest BCUT2D eigenvalue weighted by Crippen LogP contribution is 2.21. The summed E-state index contributed by atoms with van der Waals surface area (Å²) < 4.78 is 43.9. The van der Waals surface area contributed by atoms with E-state index in [4.69, 9.17) is 11.6 Å². The summed E-state index contributed by atoms with van der Waals surface area (Å²) in [4.78, 5) is 0.0710. The predicted octanol–water partition coefficient (Wildman–Crippen LogP) is 2.57. The Kier molecular flexibility index (Phi) is 4.53. The van der Waals surface area contributed by atoms with Crippen LogP contribution in [-0.2, 0) is 23.6 Å². The molecule has 0 saturated carbocycles. The first-order valence-corrected chi connectivity index (χ1v) is 9.12. The molecular weight excluding hydrogens is 369 g/mol. The van der Waals surface area contributed by atoms with Gasteiger partial charge in [0.05, 0.1) is 18.4 Å². The lowest BCUT2D eigenvalue weighted by atomic mass is 10.2. The fourth-order valence-corrected chi connectivity index (χ4v) is 3.71. The fourth-order valence-electron chi connectivity index (χ4n) is 2.28. The molecule has 0 aliphatic rings. The SMILES string of the molecule is Cc1c(S(=O)(=O)Nc2ccn(Cc3c(F)cccc3Cl)n2)cnn1C. The van der Waals surface area contributed by atoms with Crippen molar-refractivity contribution in [2.24, 2.45) is 7.05 Å². The van der Waals surface area contributed by atoms with Crippen LogP contribution in [0.15, 0.2) is 41.6 Å². The average molecular weight is 384 g/mol. The number of anilines is 1. The second-order valence-electron chi connectivity index (χ2n) is 5.42. The first-order chi connectivity index (χ1) is 11.8. The second kappa shape index (κ2) is 6.49. The molecule has 10 heteroatoms. The molecule has 0 atom stereocenters. The van der Waals surface area contributed by atoms with Crippen molar-refractivity contribution >= 4 is 27.4 Å². The number of aromatic nitrogens is 4. The Morgan fingerprint density at radius 2 is 2.08 bits per heavy atom. The number of nitrogens with one attached hydrogen (secondary N) is 1. The van der Waals surface area contributed by atoms with Gasteiger partial charge in [-0.15, -0.1) is 0 Å². The van der Waals surface area contributed by atoms with Crippen LogP contribution in [0.4, 0.5) is 10.2 Å². The molecule has 0 unspecified atom stereocenters. The summed E-state index contributed by atoms with van der Waals surface area (Å²) in [5.74, 6) is -0.327. The van der Waals surface area contributed by atoms with Gasteiger partial charge >= 0.3 is 0 Å². The Balaban J connectivity index is 1.81. The van der Waals surface area contributed by atoms with Crippen molar-refractivity contribution in [3.8, 4) is 0 Å². The summed E-state index contributed by atoms with van der Waals surface area (Å²) in [5.41, 5.74) is 0.787. The van der Waals surface area contributed by atoms with Crippen molar-refractivity contribution in [1.29, 1.82) is 0 Å². The van der Waals surface area contributed by atoms with E-state index in [1.807, 2.05) is 0 Å². The normalized spacial score (nSPS) is 11.7. The average Bonchev–Trinajstić information content (AvgIpc) is 3.10. The number of benzene rings is 1. The zero-order chi connectivity index (χ0) is 18.2. The Morgan fingerprint density at radius 3 is 2.72 bits per heavy atom. The van der Waals surface area contributed by atoms with Gasteiger partial charge in [0, 0.05) is 29.9 Å². The van der Waals surface area contributed by atoms with E-state index in [2.05, 4.69) is 14.9 Å². The molecule has 0 saturated heterocycles. The number of aryl methyl sites for hydroxylation is 1. The zero-order valence-corrected chi connectivity index (χ0v) is 15.0. The molecule has 3 rings (SSSR count). The third kappa shape index (κ3) is 3.52. The van der Waals surface area contributed by atoms with Crippen molar-refractivity contribution in [1.82, 2.24) is 19.6 Å². The first-order valence-electron chi connectivity index (χ1n) is 7.25. The van der Waals surface area contributed by atoms with E-state index < -0.39 is 15.8 Å². The lowest BCUT2D eigenvalue weighted by molar-refractivity contribution is 0.585. The minimum absolute atomic E-state index is 0.0710. The molecule has 0 spiro atoms. The van der Waals surface area contributed by atoms with Crippen LogP contribution < -0.4 is 4.72 Å². The van der Waals surface area contributed by atoms with E-state index in [0.29, 0.717) is 5.69 Å². The van der Waals surface area contributed by atoms with E-state index in [0.717, 1.165) is 0 Å². The molecule has 1 N–H and O–H groups in total. The molecule has 1 aromatic carbocycles. The third-order valence-corrected chi connectivity index (χ3v) is 5.55.